The molecule has 2 rings (SSSR count). The largest absolute Gasteiger partial charge is 0.573 e. The number of hydrogen-bond acceptors (Lipinski definition) is 3. The summed E-state index contributed by atoms with van der Waals surface area (Å²) < 4.78 is 41.0. The Bertz CT molecular complexity index is 667. The van der Waals surface area contributed by atoms with Gasteiger partial charge < -0.3 is 10.5 Å². The predicted octanol–water partition coefficient (Wildman–Crippen LogP) is 3.71. The predicted molar refractivity (Wildman–Crippen MR) is 72.1 cm³/mol. The molecule has 2 aromatic rings. The average molecular weight is 295 g/mol. The molecule has 0 aliphatic rings. The van der Waals surface area contributed by atoms with Gasteiger partial charge in [-0.25, -0.2) is 0 Å². The highest BCUT2D eigenvalue weighted by atomic mass is 19.4. The van der Waals surface area contributed by atoms with Crippen molar-refractivity contribution in [1.82, 2.24) is 0 Å². The van der Waals surface area contributed by atoms with E-state index in [-0.39, 0.29) is 16.8 Å². The fourth-order valence-corrected chi connectivity index (χ4v) is 1.92. The monoisotopic (exact) mass is 295 g/mol. The second-order valence-corrected chi connectivity index (χ2v) is 4.43. The van der Waals surface area contributed by atoms with Crippen LogP contribution in [0, 0.1) is 6.92 Å². The summed E-state index contributed by atoms with van der Waals surface area (Å²) >= 11 is 0. The molecule has 0 spiro atoms. The van der Waals surface area contributed by atoms with Gasteiger partial charge in [0, 0.05) is 28.4 Å². The van der Waals surface area contributed by atoms with Crippen molar-refractivity contribution in [3.05, 3.63) is 59.2 Å². The van der Waals surface area contributed by atoms with E-state index in [1.54, 1.807) is 30.3 Å². The Balaban J connectivity index is 2.47. The van der Waals surface area contributed by atoms with Crippen molar-refractivity contribution < 1.29 is 22.7 Å². The van der Waals surface area contributed by atoms with Crippen LogP contribution in [0.25, 0.3) is 0 Å². The summed E-state index contributed by atoms with van der Waals surface area (Å²) in [5, 5.41) is 0. The number of carbonyl (C=O) groups is 1. The molecule has 6 heteroatoms. The van der Waals surface area contributed by atoms with Gasteiger partial charge in [0.25, 0.3) is 0 Å². The third kappa shape index (κ3) is 3.53. The van der Waals surface area contributed by atoms with Gasteiger partial charge in [0.1, 0.15) is 5.75 Å². The molecule has 0 unspecified atom stereocenters. The number of anilines is 1. The molecule has 110 valence electrons. The van der Waals surface area contributed by atoms with Crippen LogP contribution in [-0.2, 0) is 0 Å². The summed E-state index contributed by atoms with van der Waals surface area (Å²) in [5.74, 6) is -0.880. The maximum absolute atomic E-state index is 12.4. The average Bonchev–Trinajstić information content (AvgIpc) is 2.41. The lowest BCUT2D eigenvalue weighted by Gasteiger charge is -2.15. The zero-order chi connectivity index (χ0) is 15.6. The van der Waals surface area contributed by atoms with Gasteiger partial charge in [-0.1, -0.05) is 30.3 Å². The van der Waals surface area contributed by atoms with Gasteiger partial charge in [0.2, 0.25) is 0 Å². The van der Waals surface area contributed by atoms with Gasteiger partial charge in [0.15, 0.2) is 5.78 Å². The quantitative estimate of drug-likeness (QED) is 0.693. The van der Waals surface area contributed by atoms with Crippen LogP contribution in [0.15, 0.2) is 42.5 Å². The lowest BCUT2D eigenvalue weighted by molar-refractivity contribution is -0.274. The Morgan fingerprint density at radius 3 is 2.33 bits per heavy atom. The Morgan fingerprint density at radius 1 is 1.14 bits per heavy atom. The van der Waals surface area contributed by atoms with Crippen molar-refractivity contribution in [2.45, 2.75) is 13.3 Å². The molecule has 21 heavy (non-hydrogen) atoms. The number of alkyl halides is 3. The van der Waals surface area contributed by atoms with Crippen molar-refractivity contribution in [3.63, 3.8) is 0 Å². The number of nitrogens with two attached hydrogens (primary N) is 1. The maximum Gasteiger partial charge on any atom is 0.573 e. The number of hydrogen-bond donors (Lipinski definition) is 1. The summed E-state index contributed by atoms with van der Waals surface area (Å²) in [4.78, 5) is 12.3. The molecule has 0 saturated carbocycles. The highest BCUT2D eigenvalue weighted by molar-refractivity contribution is 6.10. The second kappa shape index (κ2) is 5.47. The molecule has 2 aromatic carbocycles. The van der Waals surface area contributed by atoms with Gasteiger partial charge >= 0.3 is 6.36 Å². The Kier molecular flexibility index (Phi) is 3.88. The number of nitrogen functional groups attached to an aromatic ring is 1. The van der Waals surface area contributed by atoms with Gasteiger partial charge in [-0.2, -0.15) is 0 Å². The van der Waals surface area contributed by atoms with E-state index in [1.165, 1.54) is 13.0 Å². The number of benzene rings is 2. The van der Waals surface area contributed by atoms with Crippen molar-refractivity contribution in [2.24, 2.45) is 0 Å². The minimum Gasteiger partial charge on any atom is -0.405 e. The molecule has 3 nitrogen and oxygen atoms in total. The molecule has 0 aliphatic heterocycles. The lowest BCUT2D eigenvalue weighted by atomic mass is 9.98. The summed E-state index contributed by atoms with van der Waals surface area (Å²) in [7, 11) is 0. The summed E-state index contributed by atoms with van der Waals surface area (Å²) in [5.41, 5.74) is 6.13. The molecule has 0 saturated heterocycles. The molecular weight excluding hydrogens is 283 g/mol. The zero-order valence-corrected chi connectivity index (χ0v) is 11.1. The molecular formula is C15H12F3NO2. The van der Waals surface area contributed by atoms with Crippen molar-refractivity contribution in [1.29, 1.82) is 0 Å². The van der Waals surface area contributed by atoms with Crippen LogP contribution in [0.2, 0.25) is 0 Å². The third-order valence-corrected chi connectivity index (χ3v) is 2.89. The van der Waals surface area contributed by atoms with Crippen LogP contribution in [0.5, 0.6) is 5.75 Å². The number of halogens is 3. The van der Waals surface area contributed by atoms with E-state index < -0.39 is 17.9 Å². The Morgan fingerprint density at radius 2 is 1.76 bits per heavy atom. The smallest absolute Gasteiger partial charge is 0.405 e. The third-order valence-electron chi connectivity index (χ3n) is 2.89. The van der Waals surface area contributed by atoms with Crippen molar-refractivity contribution in [3.8, 4) is 5.75 Å². The molecule has 2 N–H and O–H groups in total. The fraction of sp³-hybridized carbons (Fsp3) is 0.133. The summed E-state index contributed by atoms with van der Waals surface area (Å²) in [6, 6.07) is 10.6. The van der Waals surface area contributed by atoms with E-state index in [0.29, 0.717) is 5.56 Å². The molecule has 0 bridgehead atoms. The van der Waals surface area contributed by atoms with Crippen LogP contribution in [-0.4, -0.2) is 12.1 Å². The molecule has 0 aliphatic carbocycles. The van der Waals surface area contributed by atoms with E-state index >= 15 is 0 Å². The number of ether oxygens (including phenoxy) is 1. The zero-order valence-electron chi connectivity index (χ0n) is 11.1. The van der Waals surface area contributed by atoms with Crippen LogP contribution in [0.3, 0.4) is 0 Å². The fourth-order valence-electron chi connectivity index (χ4n) is 1.92. The highest BCUT2D eigenvalue weighted by Crippen LogP contribution is 2.31. The van der Waals surface area contributed by atoms with Crippen LogP contribution in [0.4, 0.5) is 18.9 Å². The molecule has 0 heterocycles. The second-order valence-electron chi connectivity index (χ2n) is 4.43. The maximum atomic E-state index is 12.4. The van der Waals surface area contributed by atoms with Gasteiger partial charge in [-0.3, -0.25) is 4.79 Å². The van der Waals surface area contributed by atoms with E-state index in [9.17, 15) is 18.0 Å². The first kappa shape index (κ1) is 14.9. The Labute approximate surface area is 119 Å². The first-order valence-corrected chi connectivity index (χ1v) is 6.03. The molecule has 0 amide bonds. The van der Waals surface area contributed by atoms with Crippen LogP contribution >= 0.6 is 0 Å². The summed E-state index contributed by atoms with van der Waals surface area (Å²) in [6.45, 7) is 1.39. The first-order chi connectivity index (χ1) is 9.78. The van der Waals surface area contributed by atoms with E-state index in [2.05, 4.69) is 4.74 Å². The van der Waals surface area contributed by atoms with Gasteiger partial charge in [-0.05, 0) is 13.0 Å². The van der Waals surface area contributed by atoms with Crippen molar-refractivity contribution >= 4 is 11.5 Å². The normalized spacial score (nSPS) is 11.2. The van der Waals surface area contributed by atoms with Gasteiger partial charge in [-0.15, -0.1) is 13.2 Å². The highest BCUT2D eigenvalue weighted by Gasteiger charge is 2.32. The van der Waals surface area contributed by atoms with E-state index in [1.807, 2.05) is 0 Å². The minimum atomic E-state index is -4.84. The van der Waals surface area contributed by atoms with Crippen LogP contribution < -0.4 is 10.5 Å². The SMILES string of the molecule is Cc1c(OC(F)(F)F)cc(N)cc1C(=O)c1ccccc1. The first-order valence-electron chi connectivity index (χ1n) is 6.03. The summed E-state index contributed by atoms with van der Waals surface area (Å²) in [6.07, 6.45) is -4.84. The van der Waals surface area contributed by atoms with Crippen molar-refractivity contribution in [2.75, 3.05) is 5.73 Å². The lowest BCUT2D eigenvalue weighted by Crippen LogP contribution is -2.19. The minimum absolute atomic E-state index is 0.0270. The number of ketones is 1. The molecule has 0 atom stereocenters. The molecule has 0 aromatic heterocycles. The standard InChI is InChI=1S/C15H12F3NO2/c1-9-12(14(20)10-5-3-2-4-6-10)7-11(19)8-13(9)21-15(16,17)18/h2-8H,19H2,1H3. The molecule has 0 fully saturated rings. The number of rotatable bonds is 3. The van der Waals surface area contributed by atoms with E-state index in [4.69, 9.17) is 5.73 Å². The van der Waals surface area contributed by atoms with Gasteiger partial charge in [0.05, 0.1) is 0 Å². The topological polar surface area (TPSA) is 52.3 Å². The van der Waals surface area contributed by atoms with Crippen LogP contribution in [0.1, 0.15) is 21.5 Å². The number of carbonyl (C=O) groups excluding carboxylic acids is 1. The Hall–Kier alpha value is -2.50. The van der Waals surface area contributed by atoms with E-state index in [0.717, 1.165) is 6.07 Å². The molecule has 0 radical (unpaired) electrons.